The second-order valence-electron chi connectivity index (χ2n) is 5.93. The summed E-state index contributed by atoms with van der Waals surface area (Å²) in [6.45, 7) is 0.249. The van der Waals surface area contributed by atoms with Gasteiger partial charge < -0.3 is 14.3 Å². The number of methoxy groups -OCH3 is 2. The first kappa shape index (κ1) is 19.2. The van der Waals surface area contributed by atoms with Crippen LogP contribution < -0.4 is 9.47 Å². The van der Waals surface area contributed by atoms with Crippen molar-refractivity contribution in [2.24, 2.45) is 5.16 Å². The average molecular weight is 375 g/mol. The Morgan fingerprint density at radius 3 is 1.93 bits per heavy atom. The maximum absolute atomic E-state index is 13.3. The Kier molecular flexibility index (Phi) is 6.41. The number of oxime groups is 1. The van der Waals surface area contributed by atoms with E-state index in [4.69, 9.17) is 14.3 Å². The standard InChI is InChI=1S/C23H21NO4/c1-26-20-14-8-6-12-18(20)22(24-28-16-17-10-4-3-5-11-17)23(25)19-13-7-9-15-21(19)27-2/h3-15H,16H2,1-2H3. The van der Waals surface area contributed by atoms with Gasteiger partial charge in [-0.2, -0.15) is 0 Å². The Bertz CT molecular complexity index is 967. The van der Waals surface area contributed by atoms with Crippen molar-refractivity contribution in [2.45, 2.75) is 6.61 Å². The monoisotopic (exact) mass is 375 g/mol. The molecule has 3 rings (SSSR count). The fraction of sp³-hybridized carbons (Fsp3) is 0.130. The molecule has 3 aromatic carbocycles. The Morgan fingerprint density at radius 2 is 1.29 bits per heavy atom. The number of nitrogens with zero attached hydrogens (tertiary/aromatic N) is 1. The van der Waals surface area contributed by atoms with E-state index >= 15 is 0 Å². The highest BCUT2D eigenvalue weighted by molar-refractivity contribution is 6.52. The highest BCUT2D eigenvalue weighted by Crippen LogP contribution is 2.24. The Morgan fingerprint density at radius 1 is 0.750 bits per heavy atom. The van der Waals surface area contributed by atoms with Crippen molar-refractivity contribution in [3.05, 3.63) is 95.6 Å². The Labute approximate surface area is 164 Å². The van der Waals surface area contributed by atoms with Gasteiger partial charge in [0.2, 0.25) is 5.78 Å². The molecule has 5 nitrogen and oxygen atoms in total. The van der Waals surface area contributed by atoms with Gasteiger partial charge in [0, 0.05) is 5.56 Å². The summed E-state index contributed by atoms with van der Waals surface area (Å²) in [7, 11) is 3.08. The van der Waals surface area contributed by atoms with Crippen LogP contribution in [0.25, 0.3) is 0 Å². The minimum atomic E-state index is -0.310. The second kappa shape index (κ2) is 9.37. The van der Waals surface area contributed by atoms with Crippen LogP contribution in [0.2, 0.25) is 0 Å². The lowest BCUT2D eigenvalue weighted by Crippen LogP contribution is -2.18. The highest BCUT2D eigenvalue weighted by Gasteiger charge is 2.23. The van der Waals surface area contributed by atoms with Crippen LogP contribution in [0.1, 0.15) is 21.5 Å². The van der Waals surface area contributed by atoms with E-state index in [0.717, 1.165) is 5.56 Å². The van der Waals surface area contributed by atoms with Crippen LogP contribution in [0.3, 0.4) is 0 Å². The van der Waals surface area contributed by atoms with Gasteiger partial charge in [-0.25, -0.2) is 0 Å². The molecule has 28 heavy (non-hydrogen) atoms. The molecule has 0 aliphatic carbocycles. The molecule has 0 bridgehead atoms. The molecule has 0 aliphatic heterocycles. The maximum Gasteiger partial charge on any atom is 0.219 e. The lowest BCUT2D eigenvalue weighted by Gasteiger charge is -2.12. The van der Waals surface area contributed by atoms with E-state index in [1.165, 1.54) is 7.11 Å². The number of ether oxygens (including phenoxy) is 2. The summed E-state index contributed by atoms with van der Waals surface area (Å²) >= 11 is 0. The fourth-order valence-corrected chi connectivity index (χ4v) is 2.76. The maximum atomic E-state index is 13.3. The van der Waals surface area contributed by atoms with Crippen LogP contribution in [-0.4, -0.2) is 25.7 Å². The summed E-state index contributed by atoms with van der Waals surface area (Å²) in [5.74, 6) is 0.695. The molecule has 0 aromatic heterocycles. The van der Waals surface area contributed by atoms with Gasteiger partial charge in [-0.1, -0.05) is 59.8 Å². The van der Waals surface area contributed by atoms with E-state index in [2.05, 4.69) is 5.16 Å². The zero-order valence-corrected chi connectivity index (χ0v) is 15.8. The first-order valence-corrected chi connectivity index (χ1v) is 8.79. The number of hydrogen-bond acceptors (Lipinski definition) is 5. The molecule has 3 aromatic rings. The van der Waals surface area contributed by atoms with Crippen LogP contribution in [0.15, 0.2) is 84.0 Å². The summed E-state index contributed by atoms with van der Waals surface area (Å²) in [4.78, 5) is 18.8. The predicted molar refractivity (Wildman–Crippen MR) is 108 cm³/mol. The van der Waals surface area contributed by atoms with E-state index in [0.29, 0.717) is 22.6 Å². The number of carbonyl (C=O) groups is 1. The largest absolute Gasteiger partial charge is 0.496 e. The van der Waals surface area contributed by atoms with Crippen LogP contribution in [0.5, 0.6) is 11.5 Å². The molecule has 0 fully saturated rings. The third-order valence-electron chi connectivity index (χ3n) is 4.16. The lowest BCUT2D eigenvalue weighted by atomic mass is 9.99. The molecular weight excluding hydrogens is 354 g/mol. The van der Waals surface area contributed by atoms with Gasteiger partial charge in [-0.3, -0.25) is 4.79 Å². The minimum Gasteiger partial charge on any atom is -0.496 e. The summed E-state index contributed by atoms with van der Waals surface area (Å²) in [5.41, 5.74) is 2.06. The molecule has 0 aliphatic rings. The van der Waals surface area contributed by atoms with Crippen molar-refractivity contribution in [3.8, 4) is 11.5 Å². The van der Waals surface area contributed by atoms with E-state index < -0.39 is 0 Å². The predicted octanol–water partition coefficient (Wildman–Crippen LogP) is 4.51. The summed E-state index contributed by atoms with van der Waals surface area (Å²) in [6.07, 6.45) is 0. The molecule has 0 saturated heterocycles. The first-order chi connectivity index (χ1) is 13.7. The normalized spacial score (nSPS) is 11.0. The molecule has 0 spiro atoms. The highest BCUT2D eigenvalue weighted by atomic mass is 16.6. The number of carbonyl (C=O) groups excluding carboxylic acids is 1. The Balaban J connectivity index is 1.98. The lowest BCUT2D eigenvalue weighted by molar-refractivity contribution is 0.103. The van der Waals surface area contributed by atoms with E-state index in [-0.39, 0.29) is 18.1 Å². The van der Waals surface area contributed by atoms with Gasteiger partial charge in [-0.15, -0.1) is 0 Å². The number of hydrogen-bond donors (Lipinski definition) is 0. The molecule has 0 N–H and O–H groups in total. The van der Waals surface area contributed by atoms with Gasteiger partial charge in [0.05, 0.1) is 19.8 Å². The first-order valence-electron chi connectivity index (χ1n) is 8.79. The number of ketones is 1. The van der Waals surface area contributed by atoms with Gasteiger partial charge >= 0.3 is 0 Å². The molecule has 0 saturated carbocycles. The molecule has 0 unspecified atom stereocenters. The minimum absolute atomic E-state index is 0.151. The fourth-order valence-electron chi connectivity index (χ4n) is 2.76. The van der Waals surface area contributed by atoms with Crippen molar-refractivity contribution in [2.75, 3.05) is 14.2 Å². The molecule has 0 heterocycles. The van der Waals surface area contributed by atoms with Crippen molar-refractivity contribution in [3.63, 3.8) is 0 Å². The summed E-state index contributed by atoms with van der Waals surface area (Å²) < 4.78 is 10.7. The molecular formula is C23H21NO4. The van der Waals surface area contributed by atoms with E-state index in [1.807, 2.05) is 42.5 Å². The summed E-state index contributed by atoms with van der Waals surface area (Å²) in [5, 5.41) is 4.18. The summed E-state index contributed by atoms with van der Waals surface area (Å²) in [6, 6.07) is 23.8. The van der Waals surface area contributed by atoms with Gasteiger partial charge in [-0.05, 0) is 29.8 Å². The molecule has 142 valence electrons. The number of Topliss-reactive ketones (excluding diaryl/α,β-unsaturated/α-hetero) is 1. The number of benzene rings is 3. The molecule has 0 radical (unpaired) electrons. The van der Waals surface area contributed by atoms with Crippen LogP contribution in [0.4, 0.5) is 0 Å². The molecule has 0 atom stereocenters. The SMILES string of the molecule is COc1ccccc1C(=O)C(=NOCc1ccccc1)c1ccccc1OC. The zero-order valence-electron chi connectivity index (χ0n) is 15.8. The molecule has 5 heteroatoms. The second-order valence-corrected chi connectivity index (χ2v) is 5.93. The van der Waals surface area contributed by atoms with Crippen molar-refractivity contribution in [1.82, 2.24) is 0 Å². The van der Waals surface area contributed by atoms with Crippen LogP contribution in [0, 0.1) is 0 Å². The van der Waals surface area contributed by atoms with Crippen molar-refractivity contribution >= 4 is 11.5 Å². The smallest absolute Gasteiger partial charge is 0.219 e. The topological polar surface area (TPSA) is 57.1 Å². The van der Waals surface area contributed by atoms with Crippen LogP contribution in [-0.2, 0) is 11.4 Å². The van der Waals surface area contributed by atoms with Gasteiger partial charge in [0.25, 0.3) is 0 Å². The molecule has 0 amide bonds. The third kappa shape index (κ3) is 4.38. The quantitative estimate of drug-likeness (QED) is 0.330. The third-order valence-corrected chi connectivity index (χ3v) is 4.16. The number of para-hydroxylation sites is 2. The van der Waals surface area contributed by atoms with E-state index in [1.54, 1.807) is 43.5 Å². The van der Waals surface area contributed by atoms with E-state index in [9.17, 15) is 4.79 Å². The average Bonchev–Trinajstić information content (AvgIpc) is 2.77. The van der Waals surface area contributed by atoms with Crippen LogP contribution >= 0.6 is 0 Å². The Hall–Kier alpha value is -3.60. The van der Waals surface area contributed by atoms with Gasteiger partial charge in [0.1, 0.15) is 18.1 Å². The van der Waals surface area contributed by atoms with Crippen molar-refractivity contribution < 1.29 is 19.1 Å². The van der Waals surface area contributed by atoms with Gasteiger partial charge in [0.15, 0.2) is 5.71 Å². The zero-order chi connectivity index (χ0) is 19.8. The van der Waals surface area contributed by atoms with Crippen molar-refractivity contribution in [1.29, 1.82) is 0 Å². The number of rotatable bonds is 8.